The van der Waals surface area contributed by atoms with Gasteiger partial charge in [0.25, 0.3) is 0 Å². The van der Waals surface area contributed by atoms with Crippen molar-refractivity contribution in [2.75, 3.05) is 13.1 Å². The molecule has 1 nitrogen and oxygen atoms in total. The molecule has 0 N–H and O–H groups in total. The van der Waals surface area contributed by atoms with Crippen LogP contribution in [-0.4, -0.2) is 18.0 Å². The molecule has 1 aromatic carbocycles. The van der Waals surface area contributed by atoms with Crippen LogP contribution >= 0.6 is 0 Å². The van der Waals surface area contributed by atoms with Crippen LogP contribution in [0.5, 0.6) is 0 Å². The van der Waals surface area contributed by atoms with Gasteiger partial charge in [0, 0.05) is 6.54 Å². The highest BCUT2D eigenvalue weighted by atomic mass is 15.1. The Bertz CT molecular complexity index is 362. The van der Waals surface area contributed by atoms with Gasteiger partial charge in [0.1, 0.15) is 0 Å². The zero-order valence-corrected chi connectivity index (χ0v) is 11.5. The summed E-state index contributed by atoms with van der Waals surface area (Å²) in [7, 11) is 0. The van der Waals surface area contributed by atoms with Crippen LogP contribution in [0.4, 0.5) is 0 Å². The second-order valence-corrected chi connectivity index (χ2v) is 5.57. The van der Waals surface area contributed by atoms with E-state index in [0.29, 0.717) is 5.92 Å². The first-order valence-corrected chi connectivity index (χ1v) is 7.04. The third kappa shape index (κ3) is 3.32. The van der Waals surface area contributed by atoms with Crippen molar-refractivity contribution in [3.05, 3.63) is 34.9 Å². The maximum absolute atomic E-state index is 2.58. The van der Waals surface area contributed by atoms with E-state index in [1.807, 2.05) is 0 Å². The molecule has 17 heavy (non-hydrogen) atoms. The SMILES string of the molecule is CCc1cc(CN2CCCC2)cc(C(C)C)c1. The largest absolute Gasteiger partial charge is 0.299 e. The Labute approximate surface area is 106 Å². The van der Waals surface area contributed by atoms with Crippen molar-refractivity contribution < 1.29 is 0 Å². The van der Waals surface area contributed by atoms with Gasteiger partial charge in [-0.25, -0.2) is 0 Å². The zero-order chi connectivity index (χ0) is 12.3. The van der Waals surface area contributed by atoms with Crippen molar-refractivity contribution >= 4 is 0 Å². The molecule has 0 atom stereocenters. The van der Waals surface area contributed by atoms with Gasteiger partial charge in [-0.2, -0.15) is 0 Å². The van der Waals surface area contributed by atoms with Crippen LogP contribution in [0.25, 0.3) is 0 Å². The summed E-state index contributed by atoms with van der Waals surface area (Å²) in [6.45, 7) is 10.5. The average Bonchev–Trinajstić information content (AvgIpc) is 2.81. The second kappa shape index (κ2) is 5.68. The minimum Gasteiger partial charge on any atom is -0.299 e. The molecule has 94 valence electrons. The summed E-state index contributed by atoms with van der Waals surface area (Å²) in [5.74, 6) is 0.638. The van der Waals surface area contributed by atoms with Crippen molar-refractivity contribution in [3.8, 4) is 0 Å². The van der Waals surface area contributed by atoms with Gasteiger partial charge in [-0.1, -0.05) is 39.0 Å². The Morgan fingerprint density at radius 2 is 1.71 bits per heavy atom. The lowest BCUT2D eigenvalue weighted by atomic mass is 9.96. The summed E-state index contributed by atoms with van der Waals surface area (Å²) in [5, 5.41) is 0. The maximum atomic E-state index is 2.58. The third-order valence-electron chi connectivity index (χ3n) is 3.75. The van der Waals surface area contributed by atoms with Crippen LogP contribution in [0, 0.1) is 0 Å². The highest BCUT2D eigenvalue weighted by molar-refractivity contribution is 5.32. The molecule has 1 fully saturated rings. The molecule has 1 aliphatic rings. The first kappa shape index (κ1) is 12.6. The fourth-order valence-corrected chi connectivity index (χ4v) is 2.62. The lowest BCUT2D eigenvalue weighted by Gasteiger charge is -2.17. The molecule has 0 amide bonds. The van der Waals surface area contributed by atoms with Crippen molar-refractivity contribution in [1.29, 1.82) is 0 Å². The van der Waals surface area contributed by atoms with Gasteiger partial charge in [0.05, 0.1) is 0 Å². The quantitative estimate of drug-likeness (QED) is 0.758. The lowest BCUT2D eigenvalue weighted by molar-refractivity contribution is 0.331. The molecule has 0 aliphatic carbocycles. The third-order valence-corrected chi connectivity index (χ3v) is 3.75. The smallest absolute Gasteiger partial charge is 0.0233 e. The lowest BCUT2D eigenvalue weighted by Crippen LogP contribution is -2.18. The van der Waals surface area contributed by atoms with Gasteiger partial charge in [-0.05, 0) is 55.0 Å². The summed E-state index contributed by atoms with van der Waals surface area (Å²) < 4.78 is 0. The molecule has 1 heteroatoms. The van der Waals surface area contributed by atoms with Crippen molar-refractivity contribution in [2.24, 2.45) is 0 Å². The molecular formula is C16H25N. The second-order valence-electron chi connectivity index (χ2n) is 5.57. The molecule has 0 saturated carbocycles. The van der Waals surface area contributed by atoms with E-state index in [4.69, 9.17) is 0 Å². The van der Waals surface area contributed by atoms with E-state index in [2.05, 4.69) is 43.9 Å². The molecule has 1 aliphatic heterocycles. The van der Waals surface area contributed by atoms with E-state index in [1.54, 1.807) is 0 Å². The van der Waals surface area contributed by atoms with Gasteiger partial charge in [-0.3, -0.25) is 4.90 Å². The number of aryl methyl sites for hydroxylation is 1. The predicted octanol–water partition coefficient (Wildman–Crippen LogP) is 3.97. The Morgan fingerprint density at radius 1 is 1.06 bits per heavy atom. The van der Waals surface area contributed by atoms with E-state index in [0.717, 1.165) is 13.0 Å². The van der Waals surface area contributed by atoms with Crippen LogP contribution in [0.1, 0.15) is 56.2 Å². The molecule has 1 aromatic rings. The molecule has 0 radical (unpaired) electrons. The number of hydrogen-bond acceptors (Lipinski definition) is 1. The van der Waals surface area contributed by atoms with Crippen molar-refractivity contribution in [1.82, 2.24) is 4.90 Å². The molecule has 0 unspecified atom stereocenters. The average molecular weight is 231 g/mol. The first-order chi connectivity index (χ1) is 8.19. The van der Waals surface area contributed by atoms with Gasteiger partial charge in [-0.15, -0.1) is 0 Å². The molecule has 2 rings (SSSR count). The van der Waals surface area contributed by atoms with Crippen molar-refractivity contribution in [3.63, 3.8) is 0 Å². The molecule has 0 bridgehead atoms. The van der Waals surface area contributed by atoms with Gasteiger partial charge in [0.15, 0.2) is 0 Å². The number of benzene rings is 1. The minimum absolute atomic E-state index is 0.638. The maximum Gasteiger partial charge on any atom is 0.0233 e. The monoisotopic (exact) mass is 231 g/mol. The number of likely N-dealkylation sites (tertiary alicyclic amines) is 1. The van der Waals surface area contributed by atoms with Gasteiger partial charge < -0.3 is 0 Å². The standard InChI is InChI=1S/C16H25N/c1-4-14-9-15(11-16(10-14)13(2)3)12-17-7-5-6-8-17/h9-11,13H,4-8,12H2,1-3H3. The predicted molar refractivity (Wildman–Crippen MR) is 74.4 cm³/mol. The zero-order valence-electron chi connectivity index (χ0n) is 11.5. The molecule has 1 saturated heterocycles. The van der Waals surface area contributed by atoms with Crippen LogP contribution in [-0.2, 0) is 13.0 Å². The Balaban J connectivity index is 2.16. The number of nitrogens with zero attached hydrogens (tertiary/aromatic N) is 1. The molecule has 1 heterocycles. The summed E-state index contributed by atoms with van der Waals surface area (Å²) >= 11 is 0. The van der Waals surface area contributed by atoms with Crippen LogP contribution in [0.3, 0.4) is 0 Å². The van der Waals surface area contributed by atoms with E-state index in [-0.39, 0.29) is 0 Å². The summed E-state index contributed by atoms with van der Waals surface area (Å²) in [6.07, 6.45) is 3.91. The number of hydrogen-bond donors (Lipinski definition) is 0. The Morgan fingerprint density at radius 3 is 2.29 bits per heavy atom. The van der Waals surface area contributed by atoms with Crippen LogP contribution in [0.2, 0.25) is 0 Å². The Hall–Kier alpha value is -0.820. The first-order valence-electron chi connectivity index (χ1n) is 7.04. The summed E-state index contributed by atoms with van der Waals surface area (Å²) in [6, 6.07) is 7.17. The van der Waals surface area contributed by atoms with Crippen LogP contribution < -0.4 is 0 Å². The normalized spacial score (nSPS) is 16.9. The molecule has 0 aromatic heterocycles. The molecule has 0 spiro atoms. The van der Waals surface area contributed by atoms with E-state index in [9.17, 15) is 0 Å². The highest BCUT2D eigenvalue weighted by Crippen LogP contribution is 2.21. The van der Waals surface area contributed by atoms with Crippen molar-refractivity contribution in [2.45, 2.75) is 52.5 Å². The van der Waals surface area contributed by atoms with E-state index >= 15 is 0 Å². The fraction of sp³-hybridized carbons (Fsp3) is 0.625. The highest BCUT2D eigenvalue weighted by Gasteiger charge is 2.12. The van der Waals surface area contributed by atoms with Crippen LogP contribution in [0.15, 0.2) is 18.2 Å². The fourth-order valence-electron chi connectivity index (χ4n) is 2.62. The van der Waals surface area contributed by atoms with Gasteiger partial charge >= 0.3 is 0 Å². The summed E-state index contributed by atoms with van der Waals surface area (Å²) in [4.78, 5) is 2.58. The summed E-state index contributed by atoms with van der Waals surface area (Å²) in [5.41, 5.74) is 4.50. The molecular weight excluding hydrogens is 206 g/mol. The Kier molecular flexibility index (Phi) is 4.22. The van der Waals surface area contributed by atoms with E-state index < -0.39 is 0 Å². The number of rotatable bonds is 4. The minimum atomic E-state index is 0.638. The van der Waals surface area contributed by atoms with Gasteiger partial charge in [0.2, 0.25) is 0 Å². The topological polar surface area (TPSA) is 3.24 Å². The van der Waals surface area contributed by atoms with E-state index in [1.165, 1.54) is 42.6 Å².